The van der Waals surface area contributed by atoms with Crippen LogP contribution in [-0.4, -0.2) is 40.9 Å². The normalized spacial score (nSPS) is 13.8. The predicted octanol–water partition coefficient (Wildman–Crippen LogP) is 3.66. The number of benzene rings is 2. The molecule has 1 aliphatic rings. The second-order valence-corrected chi connectivity index (χ2v) is 9.85. The summed E-state index contributed by atoms with van der Waals surface area (Å²) in [5, 5.41) is 25.6. The van der Waals surface area contributed by atoms with Gasteiger partial charge in [-0.2, -0.15) is 19.9 Å². The first-order chi connectivity index (χ1) is 20.8. The average Bonchev–Trinajstić information content (AvgIpc) is 3.41. The molecule has 2 aromatic carbocycles. The summed E-state index contributed by atoms with van der Waals surface area (Å²) < 4.78 is 43.3. The van der Waals surface area contributed by atoms with Gasteiger partial charge in [-0.1, -0.05) is 5.92 Å². The van der Waals surface area contributed by atoms with E-state index in [-0.39, 0.29) is 56.2 Å². The third-order valence-electron chi connectivity index (χ3n) is 6.20. The molecule has 2 aromatic heterocycles. The van der Waals surface area contributed by atoms with Gasteiger partial charge in [-0.25, -0.2) is 18.4 Å². The molecule has 2 unspecified atom stereocenters. The number of hydrogen-bond acceptors (Lipinski definition) is 8. The monoisotopic (exact) mass is 640 g/mol. The summed E-state index contributed by atoms with van der Waals surface area (Å²) in [4.78, 5) is 24.1. The largest absolute Gasteiger partial charge is 0.485 e. The van der Waals surface area contributed by atoms with Crippen molar-refractivity contribution in [3.05, 3.63) is 84.1 Å². The molecule has 12 nitrogen and oxygen atoms in total. The number of fused-ring (bicyclic) bond motifs is 1. The Morgan fingerprint density at radius 3 is 2.09 bits per heavy atom. The average molecular weight is 641 g/mol. The van der Waals surface area contributed by atoms with E-state index in [0.29, 0.717) is 0 Å². The zero-order valence-corrected chi connectivity index (χ0v) is 24.9. The molecule has 3 heterocycles. The quantitative estimate of drug-likeness (QED) is 0.307. The van der Waals surface area contributed by atoms with E-state index in [2.05, 4.69) is 16.1 Å². The number of ether oxygens (including phenoxy) is 2. The summed E-state index contributed by atoms with van der Waals surface area (Å²) in [6.07, 6.45) is 7.63. The lowest BCUT2D eigenvalue weighted by Gasteiger charge is -2.21. The van der Waals surface area contributed by atoms with E-state index >= 15 is 0 Å². The molecule has 4 aromatic rings. The molecule has 0 N–H and O–H groups in total. The molecule has 0 radical (unpaired) electrons. The number of halogens is 4. The van der Waals surface area contributed by atoms with E-state index in [1.165, 1.54) is 20.2 Å². The minimum Gasteiger partial charge on any atom is -0.485 e. The molecule has 16 heteroatoms. The van der Waals surface area contributed by atoms with Crippen molar-refractivity contribution in [2.24, 2.45) is 14.1 Å². The van der Waals surface area contributed by atoms with Gasteiger partial charge in [-0.3, -0.25) is 9.13 Å². The lowest BCUT2D eigenvalue weighted by molar-refractivity contribution is 0.264. The number of rotatable bonds is 4. The van der Waals surface area contributed by atoms with Gasteiger partial charge in [0, 0.05) is 25.7 Å². The molecule has 224 valence electrons. The minimum atomic E-state index is -0.811. The highest BCUT2D eigenvalue weighted by Crippen LogP contribution is 2.36. The fourth-order valence-corrected chi connectivity index (χ4v) is 4.22. The second-order valence-electron chi connectivity index (χ2n) is 9.17. The van der Waals surface area contributed by atoms with Crippen molar-refractivity contribution in [1.82, 2.24) is 28.7 Å². The summed E-state index contributed by atoms with van der Waals surface area (Å²) in [6, 6.07) is 6.85. The van der Waals surface area contributed by atoms with Crippen LogP contribution in [0.1, 0.15) is 30.5 Å². The van der Waals surface area contributed by atoms with Gasteiger partial charge in [0.05, 0.1) is 11.1 Å². The van der Waals surface area contributed by atoms with Crippen LogP contribution in [-0.2, 0) is 14.1 Å². The van der Waals surface area contributed by atoms with Crippen molar-refractivity contribution in [2.45, 2.75) is 26.1 Å². The molecular formula is C28H20Cl2F2N8O4. The number of nitrogens with zero attached hydrogens (tertiary/aromatic N) is 8. The summed E-state index contributed by atoms with van der Waals surface area (Å²) in [7, 11) is 2.82. The first-order valence-electron chi connectivity index (χ1n) is 12.4. The SMILES string of the molecule is C#CC(C)Oc1cc(-n2nc(Cl)n(C)c2=O)c(F)cc1C#N.CC1C=Cc2c(c(C#N)cc(F)c2-n2nc(Cl)n(C)c2=O)O1. The Morgan fingerprint density at radius 1 is 1.00 bits per heavy atom. The molecule has 5 rings (SSSR count). The zero-order valence-electron chi connectivity index (χ0n) is 23.3. The summed E-state index contributed by atoms with van der Waals surface area (Å²) in [6.45, 7) is 3.38. The van der Waals surface area contributed by atoms with Crippen molar-refractivity contribution in [2.75, 3.05) is 0 Å². The van der Waals surface area contributed by atoms with E-state index in [9.17, 15) is 18.4 Å². The molecule has 0 amide bonds. The van der Waals surface area contributed by atoms with Gasteiger partial charge in [0.15, 0.2) is 17.7 Å². The van der Waals surface area contributed by atoms with Gasteiger partial charge < -0.3 is 9.47 Å². The number of terminal acetylenes is 1. The third-order valence-corrected chi connectivity index (χ3v) is 6.86. The van der Waals surface area contributed by atoms with Crippen LogP contribution >= 0.6 is 23.2 Å². The van der Waals surface area contributed by atoms with Crippen LogP contribution in [0.25, 0.3) is 17.5 Å². The third kappa shape index (κ3) is 5.79. The minimum absolute atomic E-state index is 0.0431. The van der Waals surface area contributed by atoms with Crippen molar-refractivity contribution < 1.29 is 18.3 Å². The van der Waals surface area contributed by atoms with Gasteiger partial charge in [-0.15, -0.1) is 16.6 Å². The molecule has 1 aliphatic heterocycles. The van der Waals surface area contributed by atoms with E-state index in [1.54, 1.807) is 32.1 Å². The van der Waals surface area contributed by atoms with Crippen molar-refractivity contribution >= 4 is 29.3 Å². The van der Waals surface area contributed by atoms with Crippen LogP contribution in [0.3, 0.4) is 0 Å². The van der Waals surface area contributed by atoms with Gasteiger partial charge in [0.1, 0.15) is 41.1 Å². The van der Waals surface area contributed by atoms with Crippen LogP contribution in [0.5, 0.6) is 11.5 Å². The van der Waals surface area contributed by atoms with Gasteiger partial charge in [0.2, 0.25) is 10.6 Å². The number of aromatic nitrogens is 6. The fraction of sp³-hybridized carbons (Fsp3) is 0.214. The highest BCUT2D eigenvalue weighted by atomic mass is 35.5. The molecule has 0 spiro atoms. The van der Waals surface area contributed by atoms with Crippen LogP contribution in [0.2, 0.25) is 10.6 Å². The first kappa shape index (κ1) is 31.6. The summed E-state index contributed by atoms with van der Waals surface area (Å²) >= 11 is 11.5. The predicted molar refractivity (Wildman–Crippen MR) is 155 cm³/mol. The van der Waals surface area contributed by atoms with Crippen molar-refractivity contribution in [3.63, 3.8) is 0 Å². The zero-order chi connectivity index (χ0) is 32.5. The van der Waals surface area contributed by atoms with Crippen molar-refractivity contribution in [1.29, 1.82) is 10.5 Å². The molecule has 0 saturated carbocycles. The topological polar surface area (TPSA) is 146 Å². The van der Waals surface area contributed by atoms with E-state index in [1.807, 2.05) is 6.07 Å². The van der Waals surface area contributed by atoms with Gasteiger partial charge >= 0.3 is 11.4 Å². The molecule has 44 heavy (non-hydrogen) atoms. The maximum absolute atomic E-state index is 14.4. The van der Waals surface area contributed by atoms with Crippen molar-refractivity contribution in [3.8, 4) is 47.4 Å². The van der Waals surface area contributed by atoms with Gasteiger partial charge in [-0.05, 0) is 61.3 Å². The first-order valence-corrected chi connectivity index (χ1v) is 13.2. The number of hydrogen-bond donors (Lipinski definition) is 0. The maximum atomic E-state index is 14.4. The standard InChI is InChI=1S/2C14H10ClFN4O2/c1-7-3-4-9-11(20-14(21)19(2)13(15)18-20)10(16)5-8(6-17)12(9)22-7;1-4-8(2)22-12-6-11(10(16)5-9(12)7-17)20-14(21)19(3)13(15)18-20/h3-5,7H,1-2H3;1,5-6,8H,2-3H3. The van der Waals surface area contributed by atoms with Crippen LogP contribution < -0.4 is 20.9 Å². The Hall–Kier alpha value is -5.36. The Bertz CT molecular complexity index is 2080. The Labute approximate surface area is 258 Å². The Balaban J connectivity index is 0.000000201. The highest BCUT2D eigenvalue weighted by molar-refractivity contribution is 6.28. The highest BCUT2D eigenvalue weighted by Gasteiger charge is 2.26. The van der Waals surface area contributed by atoms with E-state index in [0.717, 1.165) is 30.6 Å². The Kier molecular flexibility index (Phi) is 8.95. The number of nitriles is 2. The van der Waals surface area contributed by atoms with Gasteiger partial charge in [0.25, 0.3) is 0 Å². The van der Waals surface area contributed by atoms with Crippen LogP contribution in [0.4, 0.5) is 8.78 Å². The second kappa shape index (κ2) is 12.5. The van der Waals surface area contributed by atoms with Crippen LogP contribution in [0.15, 0.2) is 33.9 Å². The Morgan fingerprint density at radius 2 is 1.57 bits per heavy atom. The summed E-state index contributed by atoms with van der Waals surface area (Å²) in [5.74, 6) is 1.04. The molecule has 2 atom stereocenters. The lowest BCUT2D eigenvalue weighted by atomic mass is 10.0. The summed E-state index contributed by atoms with van der Waals surface area (Å²) in [5.41, 5.74) is -1.21. The molecule has 0 bridgehead atoms. The smallest absolute Gasteiger partial charge is 0.351 e. The van der Waals surface area contributed by atoms with Crippen LogP contribution in [0, 0.1) is 46.6 Å². The van der Waals surface area contributed by atoms with E-state index in [4.69, 9.17) is 49.6 Å². The van der Waals surface area contributed by atoms with E-state index < -0.39 is 29.1 Å². The molecular weight excluding hydrogens is 621 g/mol. The molecule has 0 saturated heterocycles. The molecule has 0 aliphatic carbocycles. The molecule has 0 fully saturated rings. The fourth-order valence-electron chi connectivity index (χ4n) is 3.92. The maximum Gasteiger partial charge on any atom is 0.351 e. The lowest BCUT2D eigenvalue weighted by Crippen LogP contribution is -2.24.